The summed E-state index contributed by atoms with van der Waals surface area (Å²) in [5, 5.41) is 3.83. The SMILES string of the molecule is COc1ccc2c(c1)cc(C(=O)NCc1nc3c(C)cccc3o1)n2C. The molecule has 0 unspecified atom stereocenters. The minimum Gasteiger partial charge on any atom is -0.497 e. The van der Waals surface area contributed by atoms with Crippen molar-refractivity contribution in [2.45, 2.75) is 13.5 Å². The quantitative estimate of drug-likeness (QED) is 0.611. The lowest BCUT2D eigenvalue weighted by Gasteiger charge is -2.05. The van der Waals surface area contributed by atoms with Gasteiger partial charge in [0, 0.05) is 18.0 Å². The molecular weight excluding hydrogens is 330 g/mol. The Kier molecular flexibility index (Phi) is 3.88. The first-order valence-corrected chi connectivity index (χ1v) is 8.33. The zero-order valence-electron chi connectivity index (χ0n) is 14.9. The molecule has 6 nitrogen and oxygen atoms in total. The number of hydrogen-bond donors (Lipinski definition) is 1. The van der Waals surface area contributed by atoms with E-state index in [1.165, 1.54) is 0 Å². The fourth-order valence-electron chi connectivity index (χ4n) is 3.13. The van der Waals surface area contributed by atoms with Crippen LogP contribution in [0.25, 0.3) is 22.0 Å². The van der Waals surface area contributed by atoms with E-state index in [-0.39, 0.29) is 12.5 Å². The molecule has 0 aliphatic heterocycles. The highest BCUT2D eigenvalue weighted by atomic mass is 16.5. The molecule has 0 radical (unpaired) electrons. The number of aryl methyl sites for hydroxylation is 2. The third kappa shape index (κ3) is 2.69. The summed E-state index contributed by atoms with van der Waals surface area (Å²) in [7, 11) is 3.49. The molecule has 132 valence electrons. The molecule has 4 rings (SSSR count). The van der Waals surface area contributed by atoms with Crippen LogP contribution in [-0.2, 0) is 13.6 Å². The number of nitrogens with zero attached hydrogens (tertiary/aromatic N) is 2. The van der Waals surface area contributed by atoms with Crippen molar-refractivity contribution in [2.75, 3.05) is 7.11 Å². The smallest absolute Gasteiger partial charge is 0.268 e. The molecule has 4 aromatic rings. The maximum atomic E-state index is 12.6. The van der Waals surface area contributed by atoms with Crippen LogP contribution in [0.5, 0.6) is 5.75 Å². The lowest BCUT2D eigenvalue weighted by atomic mass is 10.2. The number of hydrogen-bond acceptors (Lipinski definition) is 4. The van der Waals surface area contributed by atoms with Gasteiger partial charge in [0.15, 0.2) is 5.58 Å². The average molecular weight is 349 g/mol. The Balaban J connectivity index is 1.56. The van der Waals surface area contributed by atoms with Crippen molar-refractivity contribution < 1.29 is 13.9 Å². The molecule has 26 heavy (non-hydrogen) atoms. The fourth-order valence-corrected chi connectivity index (χ4v) is 3.13. The van der Waals surface area contributed by atoms with Crippen molar-refractivity contribution in [1.29, 1.82) is 0 Å². The number of nitrogens with one attached hydrogen (secondary N) is 1. The van der Waals surface area contributed by atoms with Gasteiger partial charge < -0.3 is 19.0 Å². The lowest BCUT2D eigenvalue weighted by Crippen LogP contribution is -2.24. The van der Waals surface area contributed by atoms with Gasteiger partial charge in [0.1, 0.15) is 17.0 Å². The van der Waals surface area contributed by atoms with E-state index < -0.39 is 0 Å². The normalized spacial score (nSPS) is 11.2. The van der Waals surface area contributed by atoms with Gasteiger partial charge in [-0.05, 0) is 42.8 Å². The molecule has 0 saturated heterocycles. The molecule has 0 bridgehead atoms. The van der Waals surface area contributed by atoms with Crippen molar-refractivity contribution in [3.8, 4) is 5.75 Å². The third-order valence-electron chi connectivity index (χ3n) is 4.55. The largest absolute Gasteiger partial charge is 0.497 e. The minimum absolute atomic E-state index is 0.179. The number of para-hydroxylation sites is 1. The van der Waals surface area contributed by atoms with Gasteiger partial charge in [-0.2, -0.15) is 0 Å². The van der Waals surface area contributed by atoms with Gasteiger partial charge >= 0.3 is 0 Å². The number of carbonyl (C=O) groups excluding carboxylic acids is 1. The number of ether oxygens (including phenoxy) is 1. The van der Waals surface area contributed by atoms with Crippen LogP contribution >= 0.6 is 0 Å². The van der Waals surface area contributed by atoms with E-state index in [2.05, 4.69) is 10.3 Å². The number of oxazole rings is 1. The molecule has 0 fully saturated rings. The van der Waals surface area contributed by atoms with Crippen molar-refractivity contribution in [1.82, 2.24) is 14.9 Å². The summed E-state index contributed by atoms with van der Waals surface area (Å²) in [5.41, 5.74) is 4.14. The predicted octanol–water partition coefficient (Wildman–Crippen LogP) is 3.57. The molecule has 2 aromatic heterocycles. The van der Waals surface area contributed by atoms with E-state index in [4.69, 9.17) is 9.15 Å². The highest BCUT2D eigenvalue weighted by Crippen LogP contribution is 2.24. The molecule has 6 heteroatoms. The second-order valence-corrected chi connectivity index (χ2v) is 6.23. The summed E-state index contributed by atoms with van der Waals surface area (Å²) in [6.07, 6.45) is 0. The van der Waals surface area contributed by atoms with Gasteiger partial charge in [0.2, 0.25) is 5.89 Å². The van der Waals surface area contributed by atoms with Crippen molar-refractivity contribution in [3.05, 3.63) is 59.6 Å². The first kappa shape index (κ1) is 16.2. The predicted molar refractivity (Wildman–Crippen MR) is 99.4 cm³/mol. The Morgan fingerprint density at radius 2 is 2.12 bits per heavy atom. The second-order valence-electron chi connectivity index (χ2n) is 6.23. The van der Waals surface area contributed by atoms with Crippen molar-refractivity contribution >= 4 is 27.9 Å². The monoisotopic (exact) mass is 349 g/mol. The Morgan fingerprint density at radius 3 is 2.88 bits per heavy atom. The molecule has 1 N–H and O–H groups in total. The summed E-state index contributed by atoms with van der Waals surface area (Å²) < 4.78 is 12.8. The second kappa shape index (κ2) is 6.22. The van der Waals surface area contributed by atoms with Gasteiger partial charge in [-0.3, -0.25) is 4.79 Å². The van der Waals surface area contributed by atoms with Gasteiger partial charge in [-0.25, -0.2) is 4.98 Å². The van der Waals surface area contributed by atoms with Gasteiger partial charge in [-0.1, -0.05) is 12.1 Å². The van der Waals surface area contributed by atoms with Crippen LogP contribution in [0.15, 0.2) is 46.9 Å². The summed E-state index contributed by atoms with van der Waals surface area (Å²) in [6, 6.07) is 13.4. The van der Waals surface area contributed by atoms with Crippen LogP contribution < -0.4 is 10.1 Å². The maximum absolute atomic E-state index is 12.6. The summed E-state index contributed by atoms with van der Waals surface area (Å²) >= 11 is 0. The van der Waals surface area contributed by atoms with E-state index >= 15 is 0 Å². The van der Waals surface area contributed by atoms with Crippen LogP contribution in [0.4, 0.5) is 0 Å². The third-order valence-corrected chi connectivity index (χ3v) is 4.55. The van der Waals surface area contributed by atoms with Gasteiger partial charge in [0.25, 0.3) is 5.91 Å². The van der Waals surface area contributed by atoms with Gasteiger partial charge in [-0.15, -0.1) is 0 Å². The highest BCUT2D eigenvalue weighted by Gasteiger charge is 2.15. The number of benzene rings is 2. The Morgan fingerprint density at radius 1 is 1.27 bits per heavy atom. The first-order valence-electron chi connectivity index (χ1n) is 8.33. The van der Waals surface area contributed by atoms with E-state index in [0.29, 0.717) is 11.6 Å². The molecule has 0 saturated carbocycles. The lowest BCUT2D eigenvalue weighted by molar-refractivity contribution is 0.0940. The van der Waals surface area contributed by atoms with Crippen LogP contribution in [0, 0.1) is 6.92 Å². The number of methoxy groups -OCH3 is 1. The maximum Gasteiger partial charge on any atom is 0.268 e. The number of aromatic nitrogens is 2. The Bertz CT molecular complexity index is 1120. The highest BCUT2D eigenvalue weighted by molar-refractivity contribution is 5.99. The molecule has 1 amide bonds. The zero-order chi connectivity index (χ0) is 18.3. The Hall–Kier alpha value is -3.28. The van der Waals surface area contributed by atoms with Crippen LogP contribution in [0.1, 0.15) is 21.9 Å². The molecular formula is C20H19N3O3. The molecule has 2 aromatic carbocycles. The summed E-state index contributed by atoms with van der Waals surface area (Å²) in [4.78, 5) is 17.1. The number of carbonyl (C=O) groups is 1. The molecule has 0 spiro atoms. The molecule has 0 aliphatic carbocycles. The number of amides is 1. The van der Waals surface area contributed by atoms with Crippen LogP contribution in [-0.4, -0.2) is 22.6 Å². The zero-order valence-corrected chi connectivity index (χ0v) is 14.9. The Labute approximate surface area is 150 Å². The summed E-state index contributed by atoms with van der Waals surface area (Å²) in [6.45, 7) is 2.22. The molecule has 0 atom stereocenters. The number of rotatable bonds is 4. The van der Waals surface area contributed by atoms with E-state index in [0.717, 1.165) is 33.3 Å². The van der Waals surface area contributed by atoms with Crippen LogP contribution in [0.2, 0.25) is 0 Å². The standard InChI is InChI=1S/C20H19N3O3/c1-12-5-4-6-17-19(12)22-18(26-17)11-21-20(24)16-10-13-9-14(25-3)7-8-15(13)23(16)2/h4-10H,11H2,1-3H3,(H,21,24). The van der Waals surface area contributed by atoms with Crippen LogP contribution in [0.3, 0.4) is 0 Å². The summed E-state index contributed by atoms with van der Waals surface area (Å²) in [5.74, 6) is 1.07. The fraction of sp³-hybridized carbons (Fsp3) is 0.200. The van der Waals surface area contributed by atoms with Crippen molar-refractivity contribution in [2.24, 2.45) is 7.05 Å². The topological polar surface area (TPSA) is 69.3 Å². The average Bonchev–Trinajstić information content (AvgIpc) is 3.21. The minimum atomic E-state index is -0.179. The molecule has 2 heterocycles. The van der Waals surface area contributed by atoms with E-state index in [1.54, 1.807) is 7.11 Å². The first-order chi connectivity index (χ1) is 12.6. The molecule has 0 aliphatic rings. The van der Waals surface area contributed by atoms with E-state index in [1.807, 2.05) is 61.0 Å². The van der Waals surface area contributed by atoms with E-state index in [9.17, 15) is 4.79 Å². The van der Waals surface area contributed by atoms with Gasteiger partial charge in [0.05, 0.1) is 13.7 Å². The van der Waals surface area contributed by atoms with Crippen molar-refractivity contribution in [3.63, 3.8) is 0 Å². The number of fused-ring (bicyclic) bond motifs is 2.